The van der Waals surface area contributed by atoms with Gasteiger partial charge in [0.15, 0.2) is 0 Å². The van der Waals surface area contributed by atoms with Crippen LogP contribution in [-0.2, 0) is 11.2 Å². The minimum absolute atomic E-state index is 0.215. The Hall–Kier alpha value is -2.10. The molecule has 1 unspecified atom stereocenters. The van der Waals surface area contributed by atoms with Gasteiger partial charge in [-0.25, -0.2) is 9.78 Å². The van der Waals surface area contributed by atoms with Crippen LogP contribution in [0, 0.1) is 0 Å². The van der Waals surface area contributed by atoms with Gasteiger partial charge in [0.2, 0.25) is 5.82 Å². The zero-order chi connectivity index (χ0) is 13.4. The molecule has 0 saturated heterocycles. The average Bonchev–Trinajstić information content (AvgIpc) is 2.85. The van der Waals surface area contributed by atoms with Crippen LogP contribution in [0.1, 0.15) is 36.1 Å². The lowest BCUT2D eigenvalue weighted by Gasteiger charge is -2.25. The van der Waals surface area contributed by atoms with E-state index in [4.69, 9.17) is 4.74 Å². The zero-order valence-corrected chi connectivity index (χ0v) is 11.1. The van der Waals surface area contributed by atoms with Crippen LogP contribution in [0.3, 0.4) is 0 Å². The first-order valence-corrected chi connectivity index (χ1v) is 6.55. The molecular weight excluding hydrogens is 240 g/mol. The minimum atomic E-state index is -0.347. The van der Waals surface area contributed by atoms with Gasteiger partial charge in [0.25, 0.3) is 0 Å². The predicted molar refractivity (Wildman–Crippen MR) is 72.0 cm³/mol. The number of carbonyl (C=O) groups excluding carboxylic acids is 1. The van der Waals surface area contributed by atoms with Crippen molar-refractivity contribution >= 4 is 5.97 Å². The molecule has 1 aromatic carbocycles. The monoisotopic (exact) mass is 256 g/mol. The van der Waals surface area contributed by atoms with Crippen molar-refractivity contribution < 1.29 is 9.53 Å². The number of rotatable bonds is 2. The average molecular weight is 256 g/mol. The molecule has 4 heteroatoms. The Kier molecular flexibility index (Phi) is 2.85. The van der Waals surface area contributed by atoms with Gasteiger partial charge in [0.1, 0.15) is 0 Å². The highest BCUT2D eigenvalue weighted by Gasteiger charge is 2.27. The Morgan fingerprint density at radius 1 is 1.47 bits per heavy atom. The van der Waals surface area contributed by atoms with E-state index in [9.17, 15) is 4.79 Å². The van der Waals surface area contributed by atoms with Crippen LogP contribution in [0.2, 0.25) is 0 Å². The second-order valence-corrected chi connectivity index (χ2v) is 4.77. The molecule has 4 nitrogen and oxygen atoms in total. The summed E-state index contributed by atoms with van der Waals surface area (Å²) in [6.07, 6.45) is 2.67. The number of nitrogens with zero attached hydrogens (tertiary/aromatic N) is 2. The van der Waals surface area contributed by atoms with Crippen molar-refractivity contribution in [1.29, 1.82) is 0 Å². The number of aromatic nitrogens is 2. The van der Waals surface area contributed by atoms with E-state index in [1.165, 1.54) is 5.56 Å². The van der Waals surface area contributed by atoms with Gasteiger partial charge >= 0.3 is 5.97 Å². The lowest BCUT2D eigenvalue weighted by molar-refractivity contribution is 0.0504. The van der Waals surface area contributed by atoms with Crippen LogP contribution in [0.15, 0.2) is 30.5 Å². The molecule has 2 heterocycles. The number of imidazole rings is 1. The highest BCUT2D eigenvalue weighted by atomic mass is 16.5. The molecule has 1 aromatic heterocycles. The predicted octanol–water partition coefficient (Wildman–Crippen LogP) is 2.84. The normalized spacial score (nSPS) is 16.6. The quantitative estimate of drug-likeness (QED) is 0.776. The summed E-state index contributed by atoms with van der Waals surface area (Å²) in [4.78, 5) is 16.2. The Morgan fingerprint density at radius 3 is 3.05 bits per heavy atom. The zero-order valence-electron chi connectivity index (χ0n) is 11.1. The van der Waals surface area contributed by atoms with Gasteiger partial charge < -0.3 is 9.30 Å². The third kappa shape index (κ3) is 1.84. The van der Waals surface area contributed by atoms with E-state index in [0.29, 0.717) is 12.4 Å². The molecule has 19 heavy (non-hydrogen) atoms. The summed E-state index contributed by atoms with van der Waals surface area (Å²) in [5.41, 5.74) is 3.46. The first-order chi connectivity index (χ1) is 9.22. The van der Waals surface area contributed by atoms with Crippen LogP contribution in [0.4, 0.5) is 0 Å². The molecule has 0 N–H and O–H groups in total. The molecule has 0 aliphatic carbocycles. The molecule has 0 fully saturated rings. The number of hydrogen-bond acceptors (Lipinski definition) is 3. The van der Waals surface area contributed by atoms with Crippen LogP contribution in [-0.4, -0.2) is 22.1 Å². The number of hydrogen-bond donors (Lipinski definition) is 0. The molecule has 0 radical (unpaired) electrons. The molecule has 1 aliphatic rings. The number of carbonyl (C=O) groups is 1. The molecule has 0 saturated carbocycles. The maximum Gasteiger partial charge on any atom is 0.374 e. The van der Waals surface area contributed by atoms with Crippen LogP contribution >= 0.6 is 0 Å². The number of benzene rings is 1. The minimum Gasteiger partial charge on any atom is -0.460 e. The maximum absolute atomic E-state index is 11.9. The van der Waals surface area contributed by atoms with Gasteiger partial charge in [-0.3, -0.25) is 0 Å². The van der Waals surface area contributed by atoms with E-state index in [0.717, 1.165) is 17.7 Å². The fourth-order valence-electron chi connectivity index (χ4n) is 2.71. The van der Waals surface area contributed by atoms with Crippen molar-refractivity contribution in [3.8, 4) is 11.3 Å². The summed E-state index contributed by atoms with van der Waals surface area (Å²) < 4.78 is 7.05. The van der Waals surface area contributed by atoms with Crippen LogP contribution < -0.4 is 0 Å². The van der Waals surface area contributed by atoms with Crippen molar-refractivity contribution in [2.75, 3.05) is 6.61 Å². The molecule has 1 aliphatic heterocycles. The second-order valence-electron chi connectivity index (χ2n) is 4.77. The number of fused-ring (bicyclic) bond motifs is 3. The SMILES string of the molecule is CCOC(=O)c1ncc2n1C(C)Cc1ccccc1-2. The van der Waals surface area contributed by atoms with Gasteiger partial charge in [-0.15, -0.1) is 0 Å². The topological polar surface area (TPSA) is 44.1 Å². The fraction of sp³-hybridized carbons (Fsp3) is 0.333. The largest absolute Gasteiger partial charge is 0.460 e. The van der Waals surface area contributed by atoms with Crippen molar-refractivity contribution in [2.45, 2.75) is 26.3 Å². The Balaban J connectivity index is 2.13. The van der Waals surface area contributed by atoms with E-state index in [1.54, 1.807) is 13.1 Å². The van der Waals surface area contributed by atoms with Gasteiger partial charge in [-0.05, 0) is 25.8 Å². The third-order valence-electron chi connectivity index (χ3n) is 3.50. The summed E-state index contributed by atoms with van der Waals surface area (Å²) in [5.74, 6) is 0.0545. The van der Waals surface area contributed by atoms with Gasteiger partial charge in [0.05, 0.1) is 18.5 Å². The highest BCUT2D eigenvalue weighted by molar-refractivity contribution is 5.87. The molecule has 98 valence electrons. The lowest BCUT2D eigenvalue weighted by atomic mass is 9.95. The van der Waals surface area contributed by atoms with E-state index >= 15 is 0 Å². The smallest absolute Gasteiger partial charge is 0.374 e. The Morgan fingerprint density at radius 2 is 2.26 bits per heavy atom. The number of esters is 1. The summed E-state index contributed by atoms with van der Waals surface area (Å²) >= 11 is 0. The van der Waals surface area contributed by atoms with Crippen molar-refractivity contribution in [3.63, 3.8) is 0 Å². The molecule has 0 bridgehead atoms. The molecule has 3 rings (SSSR count). The Bertz CT molecular complexity index is 631. The van der Waals surface area contributed by atoms with Crippen molar-refractivity contribution in [1.82, 2.24) is 9.55 Å². The van der Waals surface area contributed by atoms with Gasteiger partial charge in [-0.1, -0.05) is 24.3 Å². The first-order valence-electron chi connectivity index (χ1n) is 6.55. The van der Waals surface area contributed by atoms with E-state index in [1.807, 2.05) is 16.7 Å². The maximum atomic E-state index is 11.9. The van der Waals surface area contributed by atoms with E-state index in [-0.39, 0.29) is 12.0 Å². The van der Waals surface area contributed by atoms with Crippen molar-refractivity contribution in [3.05, 3.63) is 41.9 Å². The third-order valence-corrected chi connectivity index (χ3v) is 3.50. The fourth-order valence-corrected chi connectivity index (χ4v) is 2.71. The standard InChI is InChI=1S/C15H16N2O2/c1-3-19-15(18)14-16-9-13-12-7-5-4-6-11(12)8-10(2)17(13)14/h4-7,9-10H,3,8H2,1-2H3. The Labute approximate surface area is 112 Å². The summed E-state index contributed by atoms with van der Waals surface area (Å²) in [7, 11) is 0. The van der Waals surface area contributed by atoms with Gasteiger partial charge in [-0.2, -0.15) is 0 Å². The summed E-state index contributed by atoms with van der Waals surface area (Å²) in [6.45, 7) is 4.27. The first kappa shape index (κ1) is 12.0. The molecular formula is C15H16N2O2. The van der Waals surface area contributed by atoms with Crippen LogP contribution in [0.5, 0.6) is 0 Å². The lowest BCUT2D eigenvalue weighted by Crippen LogP contribution is -2.21. The summed E-state index contributed by atoms with van der Waals surface area (Å²) in [5, 5.41) is 0. The second kappa shape index (κ2) is 4.53. The van der Waals surface area contributed by atoms with E-state index in [2.05, 4.69) is 24.0 Å². The highest BCUT2D eigenvalue weighted by Crippen LogP contribution is 2.35. The number of ether oxygens (including phenoxy) is 1. The molecule has 2 aromatic rings. The van der Waals surface area contributed by atoms with Crippen LogP contribution in [0.25, 0.3) is 11.3 Å². The molecule has 0 amide bonds. The van der Waals surface area contributed by atoms with E-state index < -0.39 is 0 Å². The van der Waals surface area contributed by atoms with Crippen molar-refractivity contribution in [2.24, 2.45) is 0 Å². The summed E-state index contributed by atoms with van der Waals surface area (Å²) in [6, 6.07) is 8.47. The molecule has 0 spiro atoms. The van der Waals surface area contributed by atoms with Gasteiger partial charge in [0, 0.05) is 11.6 Å². The molecule has 1 atom stereocenters.